The quantitative estimate of drug-likeness (QED) is 0.821. The highest BCUT2D eigenvalue weighted by Gasteiger charge is 2.20. The van der Waals surface area contributed by atoms with Gasteiger partial charge in [-0.2, -0.15) is 5.10 Å². The number of aryl methyl sites for hydroxylation is 2. The van der Waals surface area contributed by atoms with E-state index in [0.717, 1.165) is 13.0 Å². The van der Waals surface area contributed by atoms with Crippen molar-refractivity contribution in [3.8, 4) is 0 Å². The summed E-state index contributed by atoms with van der Waals surface area (Å²) in [5, 5.41) is 4.16. The second kappa shape index (κ2) is 5.86. The van der Waals surface area contributed by atoms with Gasteiger partial charge in [-0.1, -0.05) is 0 Å². The molecule has 1 rings (SSSR count). The van der Waals surface area contributed by atoms with Crippen LogP contribution in [0.5, 0.6) is 0 Å². The molecule has 6 nitrogen and oxygen atoms in total. The Morgan fingerprint density at radius 3 is 2.39 bits per heavy atom. The fourth-order valence-corrected chi connectivity index (χ4v) is 1.83. The van der Waals surface area contributed by atoms with Crippen LogP contribution in [0.2, 0.25) is 0 Å². The summed E-state index contributed by atoms with van der Waals surface area (Å²) in [6, 6.07) is 0. The first-order valence-corrected chi connectivity index (χ1v) is 6.03. The zero-order valence-electron chi connectivity index (χ0n) is 11.9. The second-order valence-electron chi connectivity index (χ2n) is 4.85. The summed E-state index contributed by atoms with van der Waals surface area (Å²) in [5.74, 6) is -0.0747. The average molecular weight is 253 g/mol. The Balaban J connectivity index is 2.69. The lowest BCUT2D eigenvalue weighted by Gasteiger charge is -2.18. The lowest BCUT2D eigenvalue weighted by atomic mass is 10.2. The molecule has 2 N–H and O–H groups in total. The standard InChI is InChI=1S/C12H23N5O/c1-9-10(13)11(17(5)14-9)12(18)16(4)8-6-7-15(2)3/h6-8,13H2,1-5H3. The SMILES string of the molecule is Cc1nn(C)c(C(=O)N(C)CCCN(C)C)c1N. The van der Waals surface area contributed by atoms with Crippen molar-refractivity contribution in [2.45, 2.75) is 13.3 Å². The minimum atomic E-state index is -0.0747. The van der Waals surface area contributed by atoms with Gasteiger partial charge in [0, 0.05) is 20.6 Å². The first-order chi connectivity index (χ1) is 8.34. The first-order valence-electron chi connectivity index (χ1n) is 6.03. The molecular formula is C12H23N5O. The van der Waals surface area contributed by atoms with Crippen molar-refractivity contribution in [1.82, 2.24) is 19.6 Å². The Labute approximate surface area is 108 Å². The van der Waals surface area contributed by atoms with Gasteiger partial charge in [0.1, 0.15) is 5.69 Å². The number of amides is 1. The maximum atomic E-state index is 12.2. The van der Waals surface area contributed by atoms with Crippen LogP contribution in [0.4, 0.5) is 5.69 Å². The zero-order valence-corrected chi connectivity index (χ0v) is 11.9. The minimum Gasteiger partial charge on any atom is -0.395 e. The molecule has 0 aliphatic heterocycles. The number of carbonyl (C=O) groups excluding carboxylic acids is 1. The van der Waals surface area contributed by atoms with Crippen LogP contribution in [0.25, 0.3) is 0 Å². The van der Waals surface area contributed by atoms with Crippen molar-refractivity contribution < 1.29 is 4.79 Å². The van der Waals surface area contributed by atoms with Gasteiger partial charge in [-0.25, -0.2) is 0 Å². The molecule has 0 radical (unpaired) electrons. The molecule has 0 atom stereocenters. The Hall–Kier alpha value is -1.56. The summed E-state index contributed by atoms with van der Waals surface area (Å²) in [4.78, 5) is 16.0. The third kappa shape index (κ3) is 3.22. The molecule has 6 heteroatoms. The molecule has 0 saturated carbocycles. The van der Waals surface area contributed by atoms with E-state index in [0.29, 0.717) is 23.6 Å². The van der Waals surface area contributed by atoms with Gasteiger partial charge in [-0.05, 0) is 34.0 Å². The van der Waals surface area contributed by atoms with Crippen molar-refractivity contribution in [2.75, 3.05) is 40.0 Å². The third-order valence-corrected chi connectivity index (χ3v) is 2.92. The predicted octanol–water partition coefficient (Wildman–Crippen LogP) is 0.334. The Bertz CT molecular complexity index is 424. The Morgan fingerprint density at radius 1 is 1.33 bits per heavy atom. The summed E-state index contributed by atoms with van der Waals surface area (Å²) in [6.45, 7) is 3.47. The number of carbonyl (C=O) groups is 1. The van der Waals surface area contributed by atoms with Crippen molar-refractivity contribution in [3.63, 3.8) is 0 Å². The van der Waals surface area contributed by atoms with Crippen LogP contribution in [0.15, 0.2) is 0 Å². The van der Waals surface area contributed by atoms with E-state index in [2.05, 4.69) is 10.00 Å². The maximum absolute atomic E-state index is 12.2. The molecule has 102 valence electrons. The molecule has 0 saturated heterocycles. The van der Waals surface area contributed by atoms with Crippen molar-refractivity contribution in [2.24, 2.45) is 7.05 Å². The summed E-state index contributed by atoms with van der Waals surface area (Å²) in [7, 11) is 7.57. The molecule has 0 fully saturated rings. The lowest BCUT2D eigenvalue weighted by molar-refractivity contribution is 0.0781. The van der Waals surface area contributed by atoms with Gasteiger partial charge in [0.2, 0.25) is 0 Å². The van der Waals surface area contributed by atoms with Gasteiger partial charge in [0.05, 0.1) is 11.4 Å². The lowest BCUT2D eigenvalue weighted by Crippen LogP contribution is -2.31. The topological polar surface area (TPSA) is 67.4 Å². The predicted molar refractivity (Wildman–Crippen MR) is 72.5 cm³/mol. The molecule has 0 aliphatic carbocycles. The normalized spacial score (nSPS) is 11.0. The highest BCUT2D eigenvalue weighted by Crippen LogP contribution is 2.16. The van der Waals surface area contributed by atoms with E-state index in [-0.39, 0.29) is 5.91 Å². The molecule has 0 aliphatic rings. The zero-order chi connectivity index (χ0) is 13.9. The number of nitrogens with two attached hydrogens (primary N) is 1. The number of nitrogen functional groups attached to an aromatic ring is 1. The van der Waals surface area contributed by atoms with Crippen LogP contribution in [0, 0.1) is 6.92 Å². The van der Waals surface area contributed by atoms with Crippen LogP contribution < -0.4 is 5.73 Å². The Morgan fingerprint density at radius 2 is 1.94 bits per heavy atom. The highest BCUT2D eigenvalue weighted by atomic mass is 16.2. The number of hydrogen-bond acceptors (Lipinski definition) is 4. The summed E-state index contributed by atoms with van der Waals surface area (Å²) >= 11 is 0. The smallest absolute Gasteiger partial charge is 0.274 e. The van der Waals surface area contributed by atoms with Gasteiger partial charge in [0.25, 0.3) is 5.91 Å². The van der Waals surface area contributed by atoms with Crippen molar-refractivity contribution >= 4 is 11.6 Å². The number of hydrogen-bond donors (Lipinski definition) is 1. The molecule has 0 spiro atoms. The number of anilines is 1. The van der Waals surface area contributed by atoms with Crippen LogP contribution >= 0.6 is 0 Å². The monoisotopic (exact) mass is 253 g/mol. The Kier molecular flexibility index (Phi) is 4.72. The molecule has 0 aromatic carbocycles. The van der Waals surface area contributed by atoms with Gasteiger partial charge in [0.15, 0.2) is 0 Å². The molecule has 0 bridgehead atoms. The van der Waals surface area contributed by atoms with Gasteiger partial charge < -0.3 is 15.5 Å². The van der Waals surface area contributed by atoms with Gasteiger partial charge in [-0.15, -0.1) is 0 Å². The maximum Gasteiger partial charge on any atom is 0.274 e. The van der Waals surface area contributed by atoms with E-state index in [1.54, 1.807) is 30.6 Å². The first kappa shape index (κ1) is 14.5. The van der Waals surface area contributed by atoms with Gasteiger partial charge >= 0.3 is 0 Å². The van der Waals surface area contributed by atoms with E-state index < -0.39 is 0 Å². The van der Waals surface area contributed by atoms with Crippen LogP contribution in [-0.2, 0) is 7.05 Å². The van der Waals surface area contributed by atoms with Crippen LogP contribution in [-0.4, -0.2) is 59.7 Å². The van der Waals surface area contributed by atoms with Gasteiger partial charge in [-0.3, -0.25) is 9.48 Å². The molecule has 18 heavy (non-hydrogen) atoms. The van der Waals surface area contributed by atoms with E-state index in [9.17, 15) is 4.79 Å². The third-order valence-electron chi connectivity index (χ3n) is 2.92. The summed E-state index contributed by atoms with van der Waals surface area (Å²) in [6.07, 6.45) is 0.936. The van der Waals surface area contributed by atoms with Crippen molar-refractivity contribution in [1.29, 1.82) is 0 Å². The minimum absolute atomic E-state index is 0.0747. The summed E-state index contributed by atoms with van der Waals surface area (Å²) < 4.78 is 1.55. The number of rotatable bonds is 5. The molecule has 1 aromatic rings. The van der Waals surface area contributed by atoms with E-state index >= 15 is 0 Å². The van der Waals surface area contributed by atoms with Crippen LogP contribution in [0.3, 0.4) is 0 Å². The molecular weight excluding hydrogens is 230 g/mol. The fraction of sp³-hybridized carbons (Fsp3) is 0.667. The fourth-order valence-electron chi connectivity index (χ4n) is 1.83. The highest BCUT2D eigenvalue weighted by molar-refractivity contribution is 5.97. The summed E-state index contributed by atoms with van der Waals surface area (Å²) in [5.41, 5.74) is 7.52. The molecule has 1 aromatic heterocycles. The second-order valence-corrected chi connectivity index (χ2v) is 4.85. The molecule has 1 heterocycles. The average Bonchev–Trinajstić information content (AvgIpc) is 2.51. The largest absolute Gasteiger partial charge is 0.395 e. The molecule has 0 unspecified atom stereocenters. The number of nitrogens with zero attached hydrogens (tertiary/aromatic N) is 4. The molecule has 1 amide bonds. The van der Waals surface area contributed by atoms with Crippen molar-refractivity contribution in [3.05, 3.63) is 11.4 Å². The van der Waals surface area contributed by atoms with E-state index in [1.165, 1.54) is 0 Å². The van der Waals surface area contributed by atoms with E-state index in [4.69, 9.17) is 5.73 Å². The van der Waals surface area contributed by atoms with Crippen LogP contribution in [0.1, 0.15) is 22.6 Å². The van der Waals surface area contributed by atoms with E-state index in [1.807, 2.05) is 14.1 Å². The number of aromatic nitrogens is 2.